The fourth-order valence-electron chi connectivity index (χ4n) is 2.44. The average molecular weight is 306 g/mol. The standard InChI is InChI=1S/C16H22N2O2S/c1-3-21-10-9-12(2)17-14-11-15(19)18(16(14)20)13-7-5-4-6-8-13/h4-8,12,14,17H,3,9-11H2,1-2H3. The van der Waals surface area contributed by atoms with E-state index in [-0.39, 0.29) is 30.3 Å². The lowest BCUT2D eigenvalue weighted by Gasteiger charge is -2.19. The molecule has 2 rings (SSSR count). The van der Waals surface area contributed by atoms with E-state index in [0.29, 0.717) is 5.69 Å². The maximum atomic E-state index is 12.4. The third-order valence-corrected chi connectivity index (χ3v) is 4.48. The Kier molecular flexibility index (Phi) is 5.82. The van der Waals surface area contributed by atoms with Gasteiger partial charge < -0.3 is 5.32 Å². The Morgan fingerprint density at radius 1 is 1.33 bits per heavy atom. The highest BCUT2D eigenvalue weighted by Crippen LogP contribution is 2.22. The van der Waals surface area contributed by atoms with Crippen molar-refractivity contribution in [2.24, 2.45) is 0 Å². The molecule has 1 aliphatic heterocycles. The number of rotatable bonds is 7. The molecule has 0 bridgehead atoms. The fraction of sp³-hybridized carbons (Fsp3) is 0.500. The maximum absolute atomic E-state index is 12.4. The topological polar surface area (TPSA) is 49.4 Å². The Morgan fingerprint density at radius 3 is 2.71 bits per heavy atom. The van der Waals surface area contributed by atoms with Crippen molar-refractivity contribution in [3.63, 3.8) is 0 Å². The lowest BCUT2D eigenvalue weighted by molar-refractivity contribution is -0.121. The first-order chi connectivity index (χ1) is 10.1. The summed E-state index contributed by atoms with van der Waals surface area (Å²) in [4.78, 5) is 25.8. The summed E-state index contributed by atoms with van der Waals surface area (Å²) in [5.41, 5.74) is 0.658. The normalized spacial score (nSPS) is 20.1. The fourth-order valence-corrected chi connectivity index (χ4v) is 3.25. The Hall–Kier alpha value is -1.33. The highest BCUT2D eigenvalue weighted by Gasteiger charge is 2.39. The second-order valence-corrected chi connectivity index (χ2v) is 6.61. The van der Waals surface area contributed by atoms with Gasteiger partial charge in [0.05, 0.1) is 18.2 Å². The lowest BCUT2D eigenvalue weighted by atomic mass is 10.2. The maximum Gasteiger partial charge on any atom is 0.251 e. The van der Waals surface area contributed by atoms with E-state index in [1.807, 2.05) is 30.0 Å². The van der Waals surface area contributed by atoms with Crippen molar-refractivity contribution in [1.29, 1.82) is 0 Å². The molecule has 1 N–H and O–H groups in total. The summed E-state index contributed by atoms with van der Waals surface area (Å²) in [6.07, 6.45) is 1.25. The molecule has 0 aromatic heterocycles. The summed E-state index contributed by atoms with van der Waals surface area (Å²) in [6.45, 7) is 4.21. The summed E-state index contributed by atoms with van der Waals surface area (Å²) in [5, 5.41) is 3.29. The van der Waals surface area contributed by atoms with Crippen LogP contribution in [0, 0.1) is 0 Å². The molecular formula is C16H22N2O2S. The van der Waals surface area contributed by atoms with E-state index in [0.717, 1.165) is 17.9 Å². The zero-order valence-electron chi connectivity index (χ0n) is 12.5. The number of amides is 2. The zero-order chi connectivity index (χ0) is 15.2. The number of carbonyl (C=O) groups excluding carboxylic acids is 2. The molecular weight excluding hydrogens is 284 g/mol. The third-order valence-electron chi connectivity index (χ3n) is 3.55. The van der Waals surface area contributed by atoms with Crippen LogP contribution in [0.2, 0.25) is 0 Å². The van der Waals surface area contributed by atoms with Gasteiger partial charge in [0.1, 0.15) is 0 Å². The summed E-state index contributed by atoms with van der Waals surface area (Å²) in [5.74, 6) is 1.91. The van der Waals surface area contributed by atoms with Gasteiger partial charge in [0.2, 0.25) is 5.91 Å². The Morgan fingerprint density at radius 2 is 2.05 bits per heavy atom. The summed E-state index contributed by atoms with van der Waals surface area (Å²) in [7, 11) is 0. The molecule has 0 radical (unpaired) electrons. The molecule has 0 saturated carbocycles. The molecule has 0 aliphatic carbocycles. The van der Waals surface area contributed by atoms with Crippen LogP contribution >= 0.6 is 11.8 Å². The average Bonchev–Trinajstić information content (AvgIpc) is 2.74. The van der Waals surface area contributed by atoms with Gasteiger partial charge in [-0.25, -0.2) is 4.90 Å². The highest BCUT2D eigenvalue weighted by molar-refractivity contribution is 7.99. The number of hydrogen-bond donors (Lipinski definition) is 1. The van der Waals surface area contributed by atoms with E-state index >= 15 is 0 Å². The van der Waals surface area contributed by atoms with Crippen molar-refractivity contribution in [3.8, 4) is 0 Å². The van der Waals surface area contributed by atoms with Crippen molar-refractivity contribution in [1.82, 2.24) is 5.32 Å². The van der Waals surface area contributed by atoms with Crippen molar-refractivity contribution in [2.75, 3.05) is 16.4 Å². The zero-order valence-corrected chi connectivity index (χ0v) is 13.4. The summed E-state index contributed by atoms with van der Waals surface area (Å²) in [6, 6.07) is 8.97. The minimum atomic E-state index is -0.390. The molecule has 1 aliphatic rings. The van der Waals surface area contributed by atoms with Gasteiger partial charge in [0, 0.05) is 6.04 Å². The predicted molar refractivity (Wildman–Crippen MR) is 87.6 cm³/mol. The molecule has 1 saturated heterocycles. The largest absolute Gasteiger partial charge is 0.303 e. The highest BCUT2D eigenvalue weighted by atomic mass is 32.2. The van der Waals surface area contributed by atoms with Crippen LogP contribution in [0.25, 0.3) is 0 Å². The number of nitrogens with zero attached hydrogens (tertiary/aromatic N) is 1. The second-order valence-electron chi connectivity index (χ2n) is 5.21. The lowest BCUT2D eigenvalue weighted by Crippen LogP contribution is -2.43. The molecule has 2 atom stereocenters. The minimum absolute atomic E-state index is 0.126. The molecule has 4 nitrogen and oxygen atoms in total. The van der Waals surface area contributed by atoms with Crippen LogP contribution in [0.15, 0.2) is 30.3 Å². The van der Waals surface area contributed by atoms with E-state index in [1.165, 1.54) is 4.90 Å². The van der Waals surface area contributed by atoms with Crippen molar-refractivity contribution in [3.05, 3.63) is 30.3 Å². The quantitative estimate of drug-likeness (QED) is 0.621. The Labute approximate surface area is 130 Å². The summed E-state index contributed by atoms with van der Waals surface area (Å²) < 4.78 is 0. The molecule has 1 aromatic rings. The van der Waals surface area contributed by atoms with Gasteiger partial charge in [0.25, 0.3) is 5.91 Å². The molecule has 2 amide bonds. The number of thioether (sulfide) groups is 1. The third kappa shape index (κ3) is 4.08. The monoisotopic (exact) mass is 306 g/mol. The second kappa shape index (κ2) is 7.61. The number of hydrogen-bond acceptors (Lipinski definition) is 4. The van der Waals surface area contributed by atoms with Crippen LogP contribution in [-0.2, 0) is 9.59 Å². The SMILES string of the molecule is CCSCCC(C)NC1CC(=O)N(c2ccccc2)C1=O. The van der Waals surface area contributed by atoms with Gasteiger partial charge in [-0.05, 0) is 37.0 Å². The molecule has 21 heavy (non-hydrogen) atoms. The van der Waals surface area contributed by atoms with Gasteiger partial charge in [-0.3, -0.25) is 9.59 Å². The number of benzene rings is 1. The van der Waals surface area contributed by atoms with Crippen LogP contribution < -0.4 is 10.2 Å². The molecule has 114 valence electrons. The Bertz CT molecular complexity index is 492. The number of para-hydroxylation sites is 1. The number of carbonyl (C=O) groups is 2. The van der Waals surface area contributed by atoms with E-state index in [2.05, 4.69) is 19.2 Å². The molecule has 5 heteroatoms. The molecule has 1 fully saturated rings. The minimum Gasteiger partial charge on any atom is -0.303 e. The van der Waals surface area contributed by atoms with Crippen molar-refractivity contribution in [2.45, 2.75) is 38.8 Å². The van der Waals surface area contributed by atoms with Gasteiger partial charge in [0.15, 0.2) is 0 Å². The smallest absolute Gasteiger partial charge is 0.251 e. The first-order valence-corrected chi connectivity index (χ1v) is 8.54. The van der Waals surface area contributed by atoms with Gasteiger partial charge in [-0.2, -0.15) is 11.8 Å². The molecule has 0 spiro atoms. The first kappa shape index (κ1) is 16.0. The van der Waals surface area contributed by atoms with E-state index in [9.17, 15) is 9.59 Å². The van der Waals surface area contributed by atoms with Gasteiger partial charge >= 0.3 is 0 Å². The van der Waals surface area contributed by atoms with Gasteiger partial charge in [-0.1, -0.05) is 25.1 Å². The van der Waals surface area contributed by atoms with E-state index in [4.69, 9.17) is 0 Å². The number of anilines is 1. The Balaban J connectivity index is 1.95. The van der Waals surface area contributed by atoms with Crippen LogP contribution in [0.5, 0.6) is 0 Å². The van der Waals surface area contributed by atoms with Gasteiger partial charge in [-0.15, -0.1) is 0 Å². The predicted octanol–water partition coefficient (Wildman–Crippen LogP) is 2.44. The van der Waals surface area contributed by atoms with Crippen molar-refractivity contribution >= 4 is 29.3 Å². The number of nitrogens with one attached hydrogen (secondary N) is 1. The van der Waals surface area contributed by atoms with E-state index < -0.39 is 0 Å². The van der Waals surface area contributed by atoms with E-state index in [1.54, 1.807) is 12.1 Å². The molecule has 1 heterocycles. The van der Waals surface area contributed by atoms with Crippen LogP contribution in [0.3, 0.4) is 0 Å². The van der Waals surface area contributed by atoms with Crippen molar-refractivity contribution < 1.29 is 9.59 Å². The summed E-state index contributed by atoms with van der Waals surface area (Å²) >= 11 is 1.89. The van der Waals surface area contributed by atoms with Crippen LogP contribution in [0.4, 0.5) is 5.69 Å². The first-order valence-electron chi connectivity index (χ1n) is 7.39. The number of imide groups is 1. The molecule has 2 unspecified atom stereocenters. The molecule has 1 aromatic carbocycles. The van der Waals surface area contributed by atoms with Crippen LogP contribution in [0.1, 0.15) is 26.7 Å². The van der Waals surface area contributed by atoms with Crippen LogP contribution in [-0.4, -0.2) is 35.4 Å².